The molecule has 0 aromatic carbocycles. The highest BCUT2D eigenvalue weighted by atomic mass is 32.2. The predicted octanol–water partition coefficient (Wildman–Crippen LogP) is 1.58. The molecule has 0 saturated carbocycles. The van der Waals surface area contributed by atoms with Crippen LogP contribution in [0.4, 0.5) is 0 Å². The van der Waals surface area contributed by atoms with Gasteiger partial charge in [-0.3, -0.25) is 4.79 Å². The molecular weight excluding hydrogens is 346 g/mol. The molecule has 2 rings (SSSR count). The summed E-state index contributed by atoms with van der Waals surface area (Å²) in [5.74, 6) is -0.0722. The number of hydrogen-bond acceptors (Lipinski definition) is 5. The number of carbonyl (C=O) groups is 1. The molecule has 136 valence electrons. The van der Waals surface area contributed by atoms with Crippen LogP contribution >= 0.6 is 11.3 Å². The minimum Gasteiger partial charge on any atom is -0.355 e. The number of hydrogen-bond donors (Lipinski definition) is 2. The summed E-state index contributed by atoms with van der Waals surface area (Å²) in [4.78, 5) is 12.7. The van der Waals surface area contributed by atoms with Crippen LogP contribution < -0.4 is 10.6 Å². The van der Waals surface area contributed by atoms with Gasteiger partial charge in [0.05, 0.1) is 6.42 Å². The summed E-state index contributed by atoms with van der Waals surface area (Å²) in [6, 6.07) is 3.37. The summed E-state index contributed by atoms with van der Waals surface area (Å²) in [7, 11) is -3.39. The molecule has 0 atom stereocenters. The Balaban J connectivity index is 1.85. The van der Waals surface area contributed by atoms with Gasteiger partial charge in [0.25, 0.3) is 10.0 Å². The van der Waals surface area contributed by atoms with Crippen LogP contribution in [0.1, 0.15) is 37.5 Å². The smallest absolute Gasteiger partial charge is 0.252 e. The number of piperidine rings is 1. The molecular formula is C16H27N3O3S2. The lowest BCUT2D eigenvalue weighted by molar-refractivity contribution is -0.120. The molecule has 1 aliphatic heterocycles. The predicted molar refractivity (Wildman–Crippen MR) is 96.8 cm³/mol. The normalized spacial score (nSPS) is 16.2. The van der Waals surface area contributed by atoms with Gasteiger partial charge in [0.15, 0.2) is 0 Å². The first-order valence-electron chi connectivity index (χ1n) is 8.60. The topological polar surface area (TPSA) is 78.5 Å². The summed E-state index contributed by atoms with van der Waals surface area (Å²) < 4.78 is 27.1. The highest BCUT2D eigenvalue weighted by Crippen LogP contribution is 2.27. The first-order valence-corrected chi connectivity index (χ1v) is 10.9. The lowest BCUT2D eigenvalue weighted by Gasteiger charge is -2.25. The highest BCUT2D eigenvalue weighted by molar-refractivity contribution is 7.91. The van der Waals surface area contributed by atoms with Crippen LogP contribution in [0.3, 0.4) is 0 Å². The summed E-state index contributed by atoms with van der Waals surface area (Å²) in [6.45, 7) is 5.57. The standard InChI is InChI=1S/C16H27N3O3S2/c1-2-8-17-9-10-18-15(20)13-14-6-7-16(23-14)24(21,22)19-11-4-3-5-12-19/h6-7,17H,2-5,8-13H2,1H3,(H,18,20). The van der Waals surface area contributed by atoms with E-state index in [9.17, 15) is 13.2 Å². The average molecular weight is 374 g/mol. The monoisotopic (exact) mass is 373 g/mol. The number of amides is 1. The van der Waals surface area contributed by atoms with Crippen LogP contribution in [-0.2, 0) is 21.2 Å². The third kappa shape index (κ3) is 5.54. The summed E-state index contributed by atoms with van der Waals surface area (Å²) in [5, 5.41) is 6.06. The molecule has 6 nitrogen and oxygen atoms in total. The quantitative estimate of drug-likeness (QED) is 0.644. The van der Waals surface area contributed by atoms with E-state index in [0.29, 0.717) is 23.8 Å². The van der Waals surface area contributed by atoms with E-state index in [-0.39, 0.29) is 12.3 Å². The van der Waals surface area contributed by atoms with E-state index in [1.807, 2.05) is 0 Å². The van der Waals surface area contributed by atoms with E-state index in [0.717, 1.165) is 43.6 Å². The van der Waals surface area contributed by atoms with E-state index < -0.39 is 10.0 Å². The van der Waals surface area contributed by atoms with Crippen molar-refractivity contribution in [2.75, 3.05) is 32.7 Å². The van der Waals surface area contributed by atoms with Gasteiger partial charge in [0.2, 0.25) is 5.91 Å². The SMILES string of the molecule is CCCNCCNC(=O)Cc1ccc(S(=O)(=O)N2CCCCC2)s1. The Morgan fingerprint density at radius 2 is 1.92 bits per heavy atom. The number of nitrogens with zero attached hydrogens (tertiary/aromatic N) is 1. The minimum absolute atomic E-state index is 0.0722. The van der Waals surface area contributed by atoms with Crippen LogP contribution in [0, 0.1) is 0 Å². The molecule has 0 bridgehead atoms. The molecule has 0 unspecified atom stereocenters. The third-order valence-corrected chi connectivity index (χ3v) is 7.38. The van der Waals surface area contributed by atoms with Crippen LogP contribution in [-0.4, -0.2) is 51.4 Å². The Morgan fingerprint density at radius 1 is 1.17 bits per heavy atom. The largest absolute Gasteiger partial charge is 0.355 e. The molecule has 1 aromatic rings. The first kappa shape index (κ1) is 19.4. The van der Waals surface area contributed by atoms with E-state index in [1.165, 1.54) is 11.3 Å². The number of rotatable bonds is 9. The van der Waals surface area contributed by atoms with Crippen LogP contribution in [0.25, 0.3) is 0 Å². The molecule has 1 saturated heterocycles. The number of carbonyl (C=O) groups excluding carboxylic acids is 1. The van der Waals surface area contributed by atoms with E-state index in [1.54, 1.807) is 16.4 Å². The van der Waals surface area contributed by atoms with Crippen molar-refractivity contribution >= 4 is 27.3 Å². The Hall–Kier alpha value is -0.960. The Labute approximate surface area is 148 Å². The average Bonchev–Trinajstić information content (AvgIpc) is 3.04. The van der Waals surface area contributed by atoms with E-state index in [4.69, 9.17) is 0 Å². The zero-order valence-electron chi connectivity index (χ0n) is 14.2. The molecule has 0 spiro atoms. The summed E-state index contributed by atoms with van der Waals surface area (Å²) in [5.41, 5.74) is 0. The summed E-state index contributed by atoms with van der Waals surface area (Å²) in [6.07, 6.45) is 4.23. The van der Waals surface area contributed by atoms with Gasteiger partial charge in [-0.2, -0.15) is 4.31 Å². The molecule has 8 heteroatoms. The molecule has 1 amide bonds. The van der Waals surface area contributed by atoms with Gasteiger partial charge in [-0.1, -0.05) is 13.3 Å². The Bertz CT molecular complexity index is 622. The molecule has 24 heavy (non-hydrogen) atoms. The van der Waals surface area contributed by atoms with Crippen LogP contribution in [0.5, 0.6) is 0 Å². The number of nitrogens with one attached hydrogen (secondary N) is 2. The van der Waals surface area contributed by atoms with Gasteiger partial charge >= 0.3 is 0 Å². The zero-order valence-corrected chi connectivity index (χ0v) is 15.8. The molecule has 1 fully saturated rings. The van der Waals surface area contributed by atoms with Gasteiger partial charge in [0, 0.05) is 31.1 Å². The van der Waals surface area contributed by atoms with Crippen molar-refractivity contribution in [3.63, 3.8) is 0 Å². The molecule has 0 aliphatic carbocycles. The number of thiophene rings is 1. The second-order valence-corrected chi connectivity index (χ2v) is 9.30. The van der Waals surface area contributed by atoms with Crippen molar-refractivity contribution in [2.45, 2.75) is 43.2 Å². The molecule has 0 radical (unpaired) electrons. The van der Waals surface area contributed by atoms with E-state index >= 15 is 0 Å². The van der Waals surface area contributed by atoms with Gasteiger partial charge in [-0.15, -0.1) is 11.3 Å². The maximum absolute atomic E-state index is 12.6. The zero-order chi connectivity index (χ0) is 17.4. The van der Waals surface area contributed by atoms with Crippen LogP contribution in [0.15, 0.2) is 16.3 Å². The third-order valence-electron chi connectivity index (χ3n) is 3.93. The second kappa shape index (κ2) is 9.50. The fourth-order valence-electron chi connectivity index (χ4n) is 2.64. The highest BCUT2D eigenvalue weighted by Gasteiger charge is 2.27. The fraction of sp³-hybridized carbons (Fsp3) is 0.688. The molecule has 1 aliphatic rings. The molecule has 1 aromatic heterocycles. The van der Waals surface area contributed by atoms with Crippen molar-refractivity contribution < 1.29 is 13.2 Å². The lowest BCUT2D eigenvalue weighted by atomic mass is 10.2. The minimum atomic E-state index is -3.39. The second-order valence-electron chi connectivity index (χ2n) is 5.96. The van der Waals surface area contributed by atoms with Crippen molar-refractivity contribution in [2.24, 2.45) is 0 Å². The Kier molecular flexibility index (Phi) is 7.67. The van der Waals surface area contributed by atoms with Crippen molar-refractivity contribution in [1.29, 1.82) is 0 Å². The van der Waals surface area contributed by atoms with Crippen molar-refractivity contribution in [3.05, 3.63) is 17.0 Å². The van der Waals surface area contributed by atoms with Gasteiger partial charge in [-0.05, 0) is 37.9 Å². The number of sulfonamides is 1. The van der Waals surface area contributed by atoms with Crippen LogP contribution in [0.2, 0.25) is 0 Å². The fourth-order valence-corrected chi connectivity index (χ4v) is 5.66. The van der Waals surface area contributed by atoms with E-state index in [2.05, 4.69) is 17.6 Å². The van der Waals surface area contributed by atoms with Gasteiger partial charge in [-0.25, -0.2) is 8.42 Å². The molecule has 2 heterocycles. The summed E-state index contributed by atoms with van der Waals surface area (Å²) >= 11 is 1.20. The lowest BCUT2D eigenvalue weighted by Crippen LogP contribution is -2.35. The maximum Gasteiger partial charge on any atom is 0.252 e. The molecule has 2 N–H and O–H groups in total. The van der Waals surface area contributed by atoms with Gasteiger partial charge < -0.3 is 10.6 Å². The van der Waals surface area contributed by atoms with Crippen molar-refractivity contribution in [3.8, 4) is 0 Å². The van der Waals surface area contributed by atoms with Crippen molar-refractivity contribution in [1.82, 2.24) is 14.9 Å². The first-order chi connectivity index (χ1) is 11.5. The van der Waals surface area contributed by atoms with Gasteiger partial charge in [0.1, 0.15) is 4.21 Å². The Morgan fingerprint density at radius 3 is 2.62 bits per heavy atom. The maximum atomic E-state index is 12.6.